The van der Waals surface area contributed by atoms with Crippen molar-refractivity contribution in [1.29, 1.82) is 0 Å². The summed E-state index contributed by atoms with van der Waals surface area (Å²) in [5, 5.41) is 2.72. The minimum absolute atomic E-state index is 0.110. The first-order chi connectivity index (χ1) is 9.35. The Bertz CT molecular complexity index is 578. The summed E-state index contributed by atoms with van der Waals surface area (Å²) in [7, 11) is 0. The predicted molar refractivity (Wildman–Crippen MR) is 76.3 cm³/mol. The van der Waals surface area contributed by atoms with Crippen LogP contribution in [0.2, 0.25) is 0 Å². The van der Waals surface area contributed by atoms with Crippen molar-refractivity contribution in [3.8, 4) is 0 Å². The van der Waals surface area contributed by atoms with Crippen molar-refractivity contribution in [3.05, 3.63) is 24.3 Å². The van der Waals surface area contributed by atoms with Crippen LogP contribution in [0.1, 0.15) is 33.6 Å². The van der Waals surface area contributed by atoms with Gasteiger partial charge in [-0.1, -0.05) is 26.8 Å². The SMILES string of the molecule is CCC(=O)Nc1cccc(N2C(=O)CC(C)(C)C2=O)c1. The summed E-state index contributed by atoms with van der Waals surface area (Å²) in [6.07, 6.45) is 0.580. The lowest BCUT2D eigenvalue weighted by molar-refractivity contribution is -0.124. The minimum atomic E-state index is -0.667. The van der Waals surface area contributed by atoms with Crippen LogP contribution in [0.4, 0.5) is 11.4 Å². The van der Waals surface area contributed by atoms with Gasteiger partial charge in [0, 0.05) is 18.5 Å². The predicted octanol–water partition coefficient (Wildman–Crippen LogP) is 2.32. The number of amides is 3. The van der Waals surface area contributed by atoms with Gasteiger partial charge in [-0.3, -0.25) is 14.4 Å². The monoisotopic (exact) mass is 274 g/mol. The molecule has 1 heterocycles. The maximum Gasteiger partial charge on any atom is 0.239 e. The second-order valence-corrected chi connectivity index (χ2v) is 5.55. The average Bonchev–Trinajstić information content (AvgIpc) is 2.58. The fraction of sp³-hybridized carbons (Fsp3) is 0.400. The highest BCUT2D eigenvalue weighted by molar-refractivity contribution is 6.22. The molecule has 1 aromatic rings. The average molecular weight is 274 g/mol. The van der Waals surface area contributed by atoms with Crippen molar-refractivity contribution in [1.82, 2.24) is 0 Å². The summed E-state index contributed by atoms with van der Waals surface area (Å²) in [4.78, 5) is 36.8. The number of rotatable bonds is 3. The van der Waals surface area contributed by atoms with Crippen molar-refractivity contribution in [2.45, 2.75) is 33.6 Å². The van der Waals surface area contributed by atoms with Gasteiger partial charge >= 0.3 is 0 Å². The fourth-order valence-electron chi connectivity index (χ4n) is 2.18. The van der Waals surface area contributed by atoms with E-state index in [1.54, 1.807) is 45.0 Å². The molecule has 0 aliphatic carbocycles. The highest BCUT2D eigenvalue weighted by atomic mass is 16.2. The van der Waals surface area contributed by atoms with Gasteiger partial charge < -0.3 is 5.32 Å². The van der Waals surface area contributed by atoms with Crippen LogP contribution in [0.15, 0.2) is 24.3 Å². The Morgan fingerprint density at radius 3 is 2.60 bits per heavy atom. The number of anilines is 2. The molecular weight excluding hydrogens is 256 g/mol. The molecule has 0 atom stereocenters. The normalized spacial score (nSPS) is 17.4. The maximum atomic E-state index is 12.2. The molecule has 1 fully saturated rings. The molecule has 1 aromatic carbocycles. The number of nitrogens with zero attached hydrogens (tertiary/aromatic N) is 1. The molecule has 5 heteroatoms. The summed E-state index contributed by atoms with van der Waals surface area (Å²) >= 11 is 0. The molecule has 0 radical (unpaired) electrons. The first-order valence-corrected chi connectivity index (χ1v) is 6.62. The van der Waals surface area contributed by atoms with E-state index in [1.165, 1.54) is 4.90 Å². The van der Waals surface area contributed by atoms with E-state index < -0.39 is 5.41 Å². The van der Waals surface area contributed by atoms with E-state index in [1.807, 2.05) is 0 Å². The third-order valence-corrected chi connectivity index (χ3v) is 3.33. The summed E-state index contributed by atoms with van der Waals surface area (Å²) in [5.74, 6) is -0.526. The van der Waals surface area contributed by atoms with Crippen LogP contribution in [0, 0.1) is 5.41 Å². The smallest absolute Gasteiger partial charge is 0.239 e. The van der Waals surface area contributed by atoms with Crippen molar-refractivity contribution in [2.75, 3.05) is 10.2 Å². The summed E-state index contributed by atoms with van der Waals surface area (Å²) in [6, 6.07) is 6.78. The molecule has 1 aliphatic heterocycles. The van der Waals surface area contributed by atoms with E-state index in [0.29, 0.717) is 17.8 Å². The molecule has 0 unspecified atom stereocenters. The van der Waals surface area contributed by atoms with Crippen LogP contribution in [-0.2, 0) is 14.4 Å². The quantitative estimate of drug-likeness (QED) is 0.860. The molecule has 1 saturated heterocycles. The Labute approximate surface area is 118 Å². The zero-order chi connectivity index (χ0) is 14.9. The number of hydrogen-bond acceptors (Lipinski definition) is 3. The van der Waals surface area contributed by atoms with Crippen molar-refractivity contribution < 1.29 is 14.4 Å². The van der Waals surface area contributed by atoms with Gasteiger partial charge in [-0.15, -0.1) is 0 Å². The highest BCUT2D eigenvalue weighted by Gasteiger charge is 2.45. The van der Waals surface area contributed by atoms with Gasteiger partial charge in [0.1, 0.15) is 0 Å². The zero-order valence-corrected chi connectivity index (χ0v) is 11.9. The van der Waals surface area contributed by atoms with Gasteiger partial charge in [0.2, 0.25) is 17.7 Å². The summed E-state index contributed by atoms with van der Waals surface area (Å²) in [6.45, 7) is 5.28. The van der Waals surface area contributed by atoms with Gasteiger partial charge in [0.25, 0.3) is 0 Å². The molecule has 3 amide bonds. The number of benzene rings is 1. The van der Waals surface area contributed by atoms with Crippen LogP contribution in [-0.4, -0.2) is 17.7 Å². The molecular formula is C15H18N2O3. The topological polar surface area (TPSA) is 66.5 Å². The first-order valence-electron chi connectivity index (χ1n) is 6.62. The van der Waals surface area contributed by atoms with Gasteiger partial charge in [0.15, 0.2) is 0 Å². The van der Waals surface area contributed by atoms with E-state index in [4.69, 9.17) is 0 Å². The standard InChI is InChI=1S/C15H18N2O3/c1-4-12(18)16-10-6-5-7-11(8-10)17-13(19)9-15(2,3)14(17)20/h5-8H,4,9H2,1-3H3,(H,16,18). The Hall–Kier alpha value is -2.17. The van der Waals surface area contributed by atoms with Gasteiger partial charge in [-0.2, -0.15) is 0 Å². The number of carbonyl (C=O) groups excluding carboxylic acids is 3. The van der Waals surface area contributed by atoms with Gasteiger partial charge in [0.05, 0.1) is 11.1 Å². The second-order valence-electron chi connectivity index (χ2n) is 5.55. The molecule has 0 saturated carbocycles. The lowest BCUT2D eigenvalue weighted by Crippen LogP contribution is -2.33. The van der Waals surface area contributed by atoms with E-state index in [0.717, 1.165) is 0 Å². The van der Waals surface area contributed by atoms with Gasteiger partial charge in [-0.05, 0) is 18.2 Å². The minimum Gasteiger partial charge on any atom is -0.326 e. The Kier molecular flexibility index (Phi) is 3.61. The van der Waals surface area contributed by atoms with Crippen LogP contribution >= 0.6 is 0 Å². The number of nitrogens with one attached hydrogen (secondary N) is 1. The molecule has 20 heavy (non-hydrogen) atoms. The third-order valence-electron chi connectivity index (χ3n) is 3.33. The summed E-state index contributed by atoms with van der Waals surface area (Å²) < 4.78 is 0. The van der Waals surface area contributed by atoms with E-state index >= 15 is 0 Å². The molecule has 1 aliphatic rings. The van der Waals surface area contributed by atoms with E-state index in [2.05, 4.69) is 5.32 Å². The van der Waals surface area contributed by atoms with Gasteiger partial charge in [-0.25, -0.2) is 4.90 Å². The van der Waals surface area contributed by atoms with E-state index in [-0.39, 0.29) is 24.1 Å². The second kappa shape index (κ2) is 5.07. The first kappa shape index (κ1) is 14.2. The van der Waals surface area contributed by atoms with Crippen LogP contribution in [0.5, 0.6) is 0 Å². The van der Waals surface area contributed by atoms with Crippen molar-refractivity contribution >= 4 is 29.1 Å². The molecule has 2 rings (SSSR count). The molecule has 0 aromatic heterocycles. The van der Waals surface area contributed by atoms with E-state index in [9.17, 15) is 14.4 Å². The number of imide groups is 1. The zero-order valence-electron chi connectivity index (χ0n) is 11.9. The Morgan fingerprint density at radius 2 is 2.05 bits per heavy atom. The molecule has 106 valence electrons. The third kappa shape index (κ3) is 2.57. The Balaban J connectivity index is 2.30. The van der Waals surface area contributed by atoms with Crippen LogP contribution in [0.3, 0.4) is 0 Å². The largest absolute Gasteiger partial charge is 0.326 e. The Morgan fingerprint density at radius 1 is 1.35 bits per heavy atom. The summed E-state index contributed by atoms with van der Waals surface area (Å²) in [5.41, 5.74) is 0.416. The van der Waals surface area contributed by atoms with Crippen molar-refractivity contribution in [2.24, 2.45) is 5.41 Å². The lowest BCUT2D eigenvalue weighted by Gasteiger charge is -2.18. The maximum absolute atomic E-state index is 12.2. The van der Waals surface area contributed by atoms with Crippen LogP contribution < -0.4 is 10.2 Å². The number of carbonyl (C=O) groups is 3. The highest BCUT2D eigenvalue weighted by Crippen LogP contribution is 2.35. The van der Waals surface area contributed by atoms with Crippen LogP contribution in [0.25, 0.3) is 0 Å². The fourth-order valence-corrected chi connectivity index (χ4v) is 2.18. The molecule has 1 N–H and O–H groups in total. The van der Waals surface area contributed by atoms with Crippen molar-refractivity contribution in [3.63, 3.8) is 0 Å². The molecule has 5 nitrogen and oxygen atoms in total. The molecule has 0 spiro atoms. The molecule has 0 bridgehead atoms. The number of hydrogen-bond donors (Lipinski definition) is 1. The lowest BCUT2D eigenvalue weighted by atomic mass is 9.92.